The molecule has 0 aliphatic carbocycles. The smallest absolute Gasteiger partial charge is 0.150 e. The maximum absolute atomic E-state index is 10.0. The molecule has 0 heterocycles. The molecule has 0 amide bonds. The third-order valence-electron chi connectivity index (χ3n) is 3.18. The number of carbonyl (C=O) groups is 1. The van der Waals surface area contributed by atoms with Gasteiger partial charge in [-0.3, -0.25) is 4.79 Å². The van der Waals surface area contributed by atoms with E-state index < -0.39 is 6.10 Å². The van der Waals surface area contributed by atoms with Crippen LogP contribution in [0.5, 0.6) is 0 Å². The Kier molecular flexibility index (Phi) is 7.01. The number of aldehydes is 1. The average molecular weight is 314 g/mol. The molecule has 1 atom stereocenters. The second kappa shape index (κ2) is 9.78. The first-order chi connectivity index (χ1) is 11.8. The predicted molar refractivity (Wildman–Crippen MR) is 96.6 cm³/mol. The van der Waals surface area contributed by atoms with Crippen LogP contribution in [0.2, 0.25) is 0 Å². The first-order valence-corrected chi connectivity index (χ1v) is 7.59. The SMILES string of the molecule is O=Cc1ccccc1.O[C@H](C#Cc1ccccc1)c1ccccc1. The highest BCUT2D eigenvalue weighted by Crippen LogP contribution is 2.10. The first kappa shape index (κ1) is 17.2. The minimum absolute atomic E-state index is 0.721. The van der Waals surface area contributed by atoms with Crippen molar-refractivity contribution in [3.05, 3.63) is 108 Å². The lowest BCUT2D eigenvalue weighted by Gasteiger charge is -2.01. The van der Waals surface area contributed by atoms with Crippen LogP contribution < -0.4 is 0 Å². The van der Waals surface area contributed by atoms with Gasteiger partial charge in [-0.2, -0.15) is 0 Å². The van der Waals surface area contributed by atoms with Gasteiger partial charge in [-0.15, -0.1) is 0 Å². The van der Waals surface area contributed by atoms with E-state index in [4.69, 9.17) is 0 Å². The van der Waals surface area contributed by atoms with Gasteiger partial charge in [-0.05, 0) is 17.7 Å². The van der Waals surface area contributed by atoms with E-state index in [-0.39, 0.29) is 0 Å². The van der Waals surface area contributed by atoms with Crippen LogP contribution in [-0.2, 0) is 0 Å². The minimum atomic E-state index is -0.721. The fourth-order valence-corrected chi connectivity index (χ4v) is 1.92. The summed E-state index contributed by atoms with van der Waals surface area (Å²) >= 11 is 0. The van der Waals surface area contributed by atoms with Gasteiger partial charge in [0.25, 0.3) is 0 Å². The summed E-state index contributed by atoms with van der Waals surface area (Å²) in [7, 11) is 0. The van der Waals surface area contributed by atoms with Crippen molar-refractivity contribution in [2.45, 2.75) is 6.10 Å². The lowest BCUT2D eigenvalue weighted by Crippen LogP contribution is -1.92. The van der Waals surface area contributed by atoms with Gasteiger partial charge >= 0.3 is 0 Å². The predicted octanol–water partition coefficient (Wildman–Crippen LogP) is 4.27. The molecule has 3 aromatic rings. The first-order valence-electron chi connectivity index (χ1n) is 7.59. The maximum Gasteiger partial charge on any atom is 0.150 e. The molecule has 3 aromatic carbocycles. The zero-order chi connectivity index (χ0) is 17.0. The van der Waals surface area contributed by atoms with E-state index in [0.717, 1.165) is 23.0 Å². The summed E-state index contributed by atoms with van der Waals surface area (Å²) in [5.41, 5.74) is 2.47. The molecule has 0 aliphatic rings. The summed E-state index contributed by atoms with van der Waals surface area (Å²) in [5.74, 6) is 5.76. The standard InChI is InChI=1S/C15H12O.C7H6O/c16-15(14-9-5-2-6-10-14)12-11-13-7-3-1-4-8-13;8-6-7-4-2-1-3-5-7/h1-10,15-16H;1-6H/t15-;/m1./s1. The summed E-state index contributed by atoms with van der Waals surface area (Å²) in [5, 5.41) is 9.81. The van der Waals surface area contributed by atoms with Gasteiger partial charge in [0, 0.05) is 11.1 Å². The fraction of sp³-hybridized carbons (Fsp3) is 0.0455. The van der Waals surface area contributed by atoms with Crippen molar-refractivity contribution in [3.63, 3.8) is 0 Å². The van der Waals surface area contributed by atoms with E-state index in [9.17, 15) is 9.90 Å². The Bertz CT molecular complexity index is 785. The second-order valence-electron chi connectivity index (χ2n) is 4.98. The lowest BCUT2D eigenvalue weighted by atomic mass is 10.1. The van der Waals surface area contributed by atoms with Crippen molar-refractivity contribution < 1.29 is 9.90 Å². The summed E-state index contributed by atoms with van der Waals surface area (Å²) < 4.78 is 0. The van der Waals surface area contributed by atoms with Crippen LogP contribution in [0.25, 0.3) is 0 Å². The third-order valence-corrected chi connectivity index (χ3v) is 3.18. The quantitative estimate of drug-likeness (QED) is 0.566. The summed E-state index contributed by atoms with van der Waals surface area (Å²) in [6, 6.07) is 28.2. The molecule has 2 heteroatoms. The van der Waals surface area contributed by atoms with Crippen molar-refractivity contribution in [3.8, 4) is 11.8 Å². The Balaban J connectivity index is 0.000000219. The second-order valence-corrected chi connectivity index (χ2v) is 4.98. The Labute approximate surface area is 142 Å². The van der Waals surface area contributed by atoms with E-state index >= 15 is 0 Å². The number of hydrogen-bond donors (Lipinski definition) is 1. The Morgan fingerprint density at radius 3 is 1.75 bits per heavy atom. The van der Waals surface area contributed by atoms with Gasteiger partial charge in [-0.1, -0.05) is 90.7 Å². The Morgan fingerprint density at radius 2 is 1.25 bits per heavy atom. The van der Waals surface area contributed by atoms with E-state index in [2.05, 4.69) is 11.8 Å². The number of benzene rings is 3. The highest BCUT2D eigenvalue weighted by Gasteiger charge is 2.00. The van der Waals surface area contributed by atoms with Crippen molar-refractivity contribution in [1.82, 2.24) is 0 Å². The molecule has 1 N–H and O–H groups in total. The summed E-state index contributed by atoms with van der Waals surface area (Å²) in [6.07, 6.45) is 0.112. The van der Waals surface area contributed by atoms with Gasteiger partial charge in [0.2, 0.25) is 0 Å². The highest BCUT2D eigenvalue weighted by molar-refractivity contribution is 5.74. The number of aliphatic hydroxyl groups excluding tert-OH is 1. The molecule has 0 aromatic heterocycles. The molecular weight excluding hydrogens is 296 g/mol. The van der Waals surface area contributed by atoms with Crippen LogP contribution in [0.1, 0.15) is 27.6 Å². The normalized spacial score (nSPS) is 10.4. The monoisotopic (exact) mass is 314 g/mol. The van der Waals surface area contributed by atoms with Crippen molar-refractivity contribution in [2.75, 3.05) is 0 Å². The molecule has 0 radical (unpaired) electrons. The molecule has 0 spiro atoms. The molecule has 118 valence electrons. The third kappa shape index (κ3) is 5.92. The Hall–Kier alpha value is -3.15. The zero-order valence-electron chi connectivity index (χ0n) is 13.2. The molecule has 3 rings (SSSR count). The molecule has 24 heavy (non-hydrogen) atoms. The van der Waals surface area contributed by atoms with E-state index in [1.54, 1.807) is 12.1 Å². The van der Waals surface area contributed by atoms with E-state index in [1.807, 2.05) is 78.9 Å². The molecule has 0 aliphatic heterocycles. The number of carbonyl (C=O) groups excluding carboxylic acids is 1. The number of rotatable bonds is 2. The maximum atomic E-state index is 10.0. The van der Waals surface area contributed by atoms with Gasteiger partial charge in [-0.25, -0.2) is 0 Å². The van der Waals surface area contributed by atoms with Crippen LogP contribution in [-0.4, -0.2) is 11.4 Å². The zero-order valence-corrected chi connectivity index (χ0v) is 13.2. The van der Waals surface area contributed by atoms with Gasteiger partial charge in [0.15, 0.2) is 0 Å². The molecule has 0 bridgehead atoms. The van der Waals surface area contributed by atoms with Crippen molar-refractivity contribution >= 4 is 6.29 Å². The molecule has 0 fully saturated rings. The Morgan fingerprint density at radius 1 is 0.750 bits per heavy atom. The highest BCUT2D eigenvalue weighted by atomic mass is 16.3. The van der Waals surface area contributed by atoms with Crippen LogP contribution in [0.4, 0.5) is 0 Å². The summed E-state index contributed by atoms with van der Waals surface area (Å²) in [6.45, 7) is 0. The topological polar surface area (TPSA) is 37.3 Å². The van der Waals surface area contributed by atoms with Crippen LogP contribution in [0.15, 0.2) is 91.0 Å². The molecular formula is C22H18O2. The van der Waals surface area contributed by atoms with Crippen LogP contribution >= 0.6 is 0 Å². The largest absolute Gasteiger partial charge is 0.376 e. The van der Waals surface area contributed by atoms with Crippen molar-refractivity contribution in [1.29, 1.82) is 0 Å². The van der Waals surface area contributed by atoms with E-state index in [0.29, 0.717) is 0 Å². The van der Waals surface area contributed by atoms with E-state index in [1.165, 1.54) is 0 Å². The van der Waals surface area contributed by atoms with Crippen LogP contribution in [0, 0.1) is 11.8 Å². The fourth-order valence-electron chi connectivity index (χ4n) is 1.92. The lowest BCUT2D eigenvalue weighted by molar-refractivity contribution is 0.112. The number of hydrogen-bond acceptors (Lipinski definition) is 2. The number of aliphatic hydroxyl groups is 1. The van der Waals surface area contributed by atoms with Crippen LogP contribution in [0.3, 0.4) is 0 Å². The molecule has 0 unspecified atom stereocenters. The van der Waals surface area contributed by atoms with Gasteiger partial charge in [0.1, 0.15) is 12.4 Å². The molecule has 0 saturated carbocycles. The molecule has 0 saturated heterocycles. The van der Waals surface area contributed by atoms with Crippen molar-refractivity contribution in [2.24, 2.45) is 0 Å². The average Bonchev–Trinajstić information content (AvgIpc) is 2.69. The molecule has 2 nitrogen and oxygen atoms in total. The van der Waals surface area contributed by atoms with Gasteiger partial charge < -0.3 is 5.11 Å². The van der Waals surface area contributed by atoms with Gasteiger partial charge in [0.05, 0.1) is 0 Å². The minimum Gasteiger partial charge on any atom is -0.376 e. The summed E-state index contributed by atoms with van der Waals surface area (Å²) in [4.78, 5) is 10.0.